The third-order valence-electron chi connectivity index (χ3n) is 13.7. The first-order chi connectivity index (χ1) is 34.3. The van der Waals surface area contributed by atoms with E-state index in [1.54, 1.807) is 0 Å². The zero-order chi connectivity index (χ0) is 45.7. The fourth-order valence-electron chi connectivity index (χ4n) is 10.7. The molecule has 0 spiro atoms. The molecule has 324 valence electrons. The Morgan fingerprint density at radius 2 is 0.696 bits per heavy atom. The molecular weight excluding hydrogens is 835 g/mol. The van der Waals surface area contributed by atoms with Crippen LogP contribution in [-0.4, -0.2) is 4.57 Å². The summed E-state index contributed by atoms with van der Waals surface area (Å²) in [5.74, 6) is 0. The first-order valence-corrected chi connectivity index (χ1v) is 23.7. The molecule has 0 saturated heterocycles. The van der Waals surface area contributed by atoms with Crippen molar-refractivity contribution in [2.24, 2.45) is 0 Å². The van der Waals surface area contributed by atoms with Crippen LogP contribution >= 0.6 is 0 Å². The standard InChI is InChI=1S/C66H45N3/c1-6-22-46(23-7-1)47-38-40-52(41-39-47)69-61-37-21-20-36-59(61)65-63(69)45-62(68(50-28-12-4-13-29-50)51-30-14-5-15-31-51)64-58-43-42-53(67(48-24-8-2-9-25-48)49-26-10-3-11-27-49)44-60(58)56-34-17-16-32-54(56)55-33-18-19-35-57(55)66(64)65/h1-45H. The normalized spacial score (nSPS) is 11.5. The Balaban J connectivity index is 1.29. The number of para-hydroxylation sites is 5. The zero-order valence-corrected chi connectivity index (χ0v) is 37.8. The topological polar surface area (TPSA) is 11.4 Å². The Labute approximate surface area is 399 Å². The molecule has 0 amide bonds. The third-order valence-corrected chi connectivity index (χ3v) is 13.7. The van der Waals surface area contributed by atoms with E-state index >= 15 is 0 Å². The average molecular weight is 880 g/mol. The minimum atomic E-state index is 1.08. The lowest BCUT2D eigenvalue weighted by Gasteiger charge is -2.27. The second-order valence-electron chi connectivity index (χ2n) is 17.6. The Morgan fingerprint density at radius 1 is 0.261 bits per heavy atom. The number of anilines is 6. The van der Waals surface area contributed by atoms with Gasteiger partial charge in [0.15, 0.2) is 0 Å². The number of aromatic nitrogens is 1. The van der Waals surface area contributed by atoms with Gasteiger partial charge >= 0.3 is 0 Å². The second kappa shape index (κ2) is 16.9. The van der Waals surface area contributed by atoms with E-state index in [0.29, 0.717) is 0 Å². The number of fused-ring (bicyclic) bond motifs is 8. The van der Waals surface area contributed by atoms with Crippen molar-refractivity contribution in [1.82, 2.24) is 4.57 Å². The fraction of sp³-hybridized carbons (Fsp3) is 0. The van der Waals surface area contributed by atoms with Gasteiger partial charge in [0, 0.05) is 55.3 Å². The molecule has 11 aromatic carbocycles. The van der Waals surface area contributed by atoms with Crippen LogP contribution in [0.4, 0.5) is 34.1 Å². The van der Waals surface area contributed by atoms with E-state index in [4.69, 9.17) is 0 Å². The summed E-state index contributed by atoms with van der Waals surface area (Å²) in [5.41, 5.74) is 12.3. The maximum Gasteiger partial charge on any atom is 0.0568 e. The Kier molecular flexibility index (Phi) is 9.84. The van der Waals surface area contributed by atoms with E-state index in [2.05, 4.69) is 287 Å². The highest BCUT2D eigenvalue weighted by Crippen LogP contribution is 2.43. The first kappa shape index (κ1) is 40.1. The molecule has 3 nitrogen and oxygen atoms in total. The maximum atomic E-state index is 2.48. The van der Waals surface area contributed by atoms with E-state index in [0.717, 1.165) is 61.3 Å². The van der Waals surface area contributed by atoms with Crippen molar-refractivity contribution >= 4 is 55.9 Å². The molecule has 0 bridgehead atoms. The van der Waals surface area contributed by atoms with Gasteiger partial charge in [-0.1, -0.05) is 188 Å². The lowest BCUT2D eigenvalue weighted by molar-refractivity contribution is 1.17. The van der Waals surface area contributed by atoms with Crippen molar-refractivity contribution in [3.8, 4) is 16.8 Å². The largest absolute Gasteiger partial charge is 0.310 e. The SMILES string of the molecule is c1ccc(-c2ccc(-n3c4ccccc4c4c5c(c(N(c6ccccc6)c6ccccc6)cc43)=c3ccc(N(c4ccccc4)c4ccccc4)cc3=c3ccccc3=c3ccccc3=5)cc2)cc1. The first-order valence-electron chi connectivity index (χ1n) is 23.7. The molecule has 69 heavy (non-hydrogen) atoms. The minimum Gasteiger partial charge on any atom is -0.310 e. The van der Waals surface area contributed by atoms with E-state index in [9.17, 15) is 0 Å². The third kappa shape index (κ3) is 6.82. The van der Waals surface area contributed by atoms with Crippen LogP contribution in [0.3, 0.4) is 0 Å². The quantitative estimate of drug-likeness (QED) is 0.151. The molecular formula is C66H45N3. The molecule has 12 aromatic rings. The fourth-order valence-corrected chi connectivity index (χ4v) is 10.7. The van der Waals surface area contributed by atoms with Crippen LogP contribution in [0.15, 0.2) is 273 Å². The van der Waals surface area contributed by atoms with Crippen LogP contribution in [0, 0.1) is 41.7 Å². The minimum absolute atomic E-state index is 1.08. The highest BCUT2D eigenvalue weighted by Gasteiger charge is 2.23. The average Bonchev–Trinajstić information content (AvgIpc) is 3.75. The van der Waals surface area contributed by atoms with Crippen LogP contribution in [0.25, 0.3) is 38.6 Å². The highest BCUT2D eigenvalue weighted by molar-refractivity contribution is 6.11. The molecule has 0 N–H and O–H groups in total. The van der Waals surface area contributed by atoms with Crippen LogP contribution in [0.1, 0.15) is 0 Å². The molecule has 0 saturated carbocycles. The van der Waals surface area contributed by atoms with Gasteiger partial charge in [-0.25, -0.2) is 0 Å². The van der Waals surface area contributed by atoms with E-state index in [1.165, 1.54) is 53.2 Å². The molecule has 1 heterocycles. The molecule has 1 aliphatic carbocycles. The summed E-state index contributed by atoms with van der Waals surface area (Å²) in [5, 5.41) is 11.9. The van der Waals surface area contributed by atoms with Gasteiger partial charge in [0.25, 0.3) is 0 Å². The van der Waals surface area contributed by atoms with Gasteiger partial charge in [0.1, 0.15) is 0 Å². The molecule has 0 radical (unpaired) electrons. The summed E-state index contributed by atoms with van der Waals surface area (Å²) in [7, 11) is 0. The summed E-state index contributed by atoms with van der Waals surface area (Å²) in [6.45, 7) is 0. The van der Waals surface area contributed by atoms with E-state index in [-0.39, 0.29) is 0 Å². The van der Waals surface area contributed by atoms with Crippen molar-refractivity contribution < 1.29 is 0 Å². The van der Waals surface area contributed by atoms with Crippen molar-refractivity contribution in [2.75, 3.05) is 9.80 Å². The van der Waals surface area contributed by atoms with Crippen molar-refractivity contribution in [3.05, 3.63) is 315 Å². The predicted molar refractivity (Wildman–Crippen MR) is 286 cm³/mol. The van der Waals surface area contributed by atoms with Gasteiger partial charge in [0.05, 0.1) is 16.7 Å². The van der Waals surface area contributed by atoms with Crippen LogP contribution in [0.2, 0.25) is 0 Å². The summed E-state index contributed by atoms with van der Waals surface area (Å²) < 4.78 is 2.48. The number of hydrogen-bond acceptors (Lipinski definition) is 2. The van der Waals surface area contributed by atoms with Crippen molar-refractivity contribution in [2.45, 2.75) is 0 Å². The number of rotatable bonds is 8. The second-order valence-corrected chi connectivity index (χ2v) is 17.6. The molecule has 1 aromatic heterocycles. The van der Waals surface area contributed by atoms with Gasteiger partial charge in [-0.15, -0.1) is 0 Å². The van der Waals surface area contributed by atoms with Gasteiger partial charge in [-0.2, -0.15) is 0 Å². The van der Waals surface area contributed by atoms with Crippen LogP contribution in [0.5, 0.6) is 0 Å². The molecule has 1 aliphatic rings. The summed E-state index contributed by atoms with van der Waals surface area (Å²) >= 11 is 0. The van der Waals surface area contributed by atoms with Crippen molar-refractivity contribution in [1.29, 1.82) is 0 Å². The van der Waals surface area contributed by atoms with Crippen LogP contribution in [-0.2, 0) is 0 Å². The van der Waals surface area contributed by atoms with Crippen LogP contribution < -0.4 is 9.80 Å². The number of nitrogens with zero attached hydrogens (tertiary/aromatic N) is 3. The van der Waals surface area contributed by atoms with Crippen molar-refractivity contribution in [3.63, 3.8) is 0 Å². The molecule has 0 unspecified atom stereocenters. The number of benzene rings is 11. The monoisotopic (exact) mass is 879 g/mol. The predicted octanol–water partition coefficient (Wildman–Crippen LogP) is 16.9. The Hall–Kier alpha value is -9.18. The van der Waals surface area contributed by atoms with Gasteiger partial charge in [-0.3, -0.25) is 0 Å². The van der Waals surface area contributed by atoms with Gasteiger partial charge < -0.3 is 14.4 Å². The smallest absolute Gasteiger partial charge is 0.0568 e. The molecule has 0 atom stereocenters. The lowest BCUT2D eigenvalue weighted by atomic mass is 9.96. The van der Waals surface area contributed by atoms with Gasteiger partial charge in [-0.05, 0) is 127 Å². The zero-order valence-electron chi connectivity index (χ0n) is 37.8. The number of hydrogen-bond donors (Lipinski definition) is 0. The summed E-state index contributed by atoms with van der Waals surface area (Å²) in [4.78, 5) is 4.84. The summed E-state index contributed by atoms with van der Waals surface area (Å²) in [6.07, 6.45) is 0. The Bertz CT molecular complexity index is 4200. The van der Waals surface area contributed by atoms with E-state index in [1.807, 2.05) is 0 Å². The highest BCUT2D eigenvalue weighted by atomic mass is 15.2. The molecule has 0 fully saturated rings. The Morgan fingerprint density at radius 3 is 1.28 bits per heavy atom. The molecule has 13 rings (SSSR count). The molecule has 0 aliphatic heterocycles. The molecule has 3 heteroatoms. The van der Waals surface area contributed by atoms with E-state index < -0.39 is 0 Å². The maximum absolute atomic E-state index is 2.48. The lowest BCUT2D eigenvalue weighted by Crippen LogP contribution is -2.12. The van der Waals surface area contributed by atoms with Gasteiger partial charge in [0.2, 0.25) is 0 Å². The summed E-state index contributed by atoms with van der Waals surface area (Å²) in [6, 6.07) is 99.5.